The number of halogens is 6. The normalized spacial score (nSPS) is 20.5. The number of hydrogen-bond donors (Lipinski definition) is 0. The zero-order chi connectivity index (χ0) is 24.1. The third-order valence-electron chi connectivity index (χ3n) is 5.95. The molecule has 0 heterocycles. The fourth-order valence-corrected chi connectivity index (χ4v) is 4.12. The average molecular weight is 474 g/mol. The number of hydrogen-bond acceptors (Lipinski definition) is 2. The number of benzene rings is 2. The van der Waals surface area contributed by atoms with Crippen molar-refractivity contribution in [2.75, 3.05) is 13.2 Å². The summed E-state index contributed by atoms with van der Waals surface area (Å²) in [6.45, 7) is 3.73. The first-order valence-electron chi connectivity index (χ1n) is 11.2. The lowest BCUT2D eigenvalue weighted by Gasteiger charge is -2.28. The van der Waals surface area contributed by atoms with Crippen LogP contribution < -0.4 is 4.74 Å². The van der Waals surface area contributed by atoms with E-state index in [0.717, 1.165) is 63.0 Å². The minimum absolute atomic E-state index is 0.488. The van der Waals surface area contributed by atoms with E-state index in [-0.39, 0.29) is 0 Å². The van der Waals surface area contributed by atoms with Crippen LogP contribution >= 0.6 is 0 Å². The molecular formula is C25H28F6O2. The van der Waals surface area contributed by atoms with Crippen molar-refractivity contribution < 1.29 is 35.8 Å². The molecule has 33 heavy (non-hydrogen) atoms. The van der Waals surface area contributed by atoms with Gasteiger partial charge in [0.05, 0.1) is 0 Å². The zero-order valence-corrected chi connectivity index (χ0v) is 18.4. The number of ether oxygens (including phenoxy) is 2. The second-order valence-corrected chi connectivity index (χ2v) is 8.51. The van der Waals surface area contributed by atoms with E-state index in [2.05, 4.69) is 11.7 Å². The second-order valence-electron chi connectivity index (χ2n) is 8.51. The van der Waals surface area contributed by atoms with Gasteiger partial charge < -0.3 is 9.47 Å². The fourth-order valence-electron chi connectivity index (χ4n) is 4.12. The van der Waals surface area contributed by atoms with Gasteiger partial charge in [0.15, 0.2) is 0 Å². The Hall–Kier alpha value is -2.22. The van der Waals surface area contributed by atoms with Crippen LogP contribution in [-0.4, -0.2) is 31.7 Å². The molecule has 1 atom stereocenters. The molecule has 0 aliphatic heterocycles. The zero-order valence-electron chi connectivity index (χ0n) is 18.4. The van der Waals surface area contributed by atoms with Gasteiger partial charge in [0.1, 0.15) is 5.75 Å². The molecule has 1 aliphatic rings. The summed E-state index contributed by atoms with van der Waals surface area (Å²) in [5.74, 6) is 0.553. The third-order valence-corrected chi connectivity index (χ3v) is 5.95. The first-order chi connectivity index (χ1) is 15.6. The Balaban J connectivity index is 1.57. The molecule has 2 nitrogen and oxygen atoms in total. The smallest absolute Gasteiger partial charge is 0.430 e. The van der Waals surface area contributed by atoms with Gasteiger partial charge in [0.25, 0.3) is 6.17 Å². The molecule has 0 spiro atoms. The average Bonchev–Trinajstić information content (AvgIpc) is 2.79. The van der Waals surface area contributed by atoms with Crippen LogP contribution in [0.1, 0.15) is 50.5 Å². The van der Waals surface area contributed by atoms with Gasteiger partial charge in [0.2, 0.25) is 0 Å². The van der Waals surface area contributed by atoms with Crippen molar-refractivity contribution in [2.24, 2.45) is 5.92 Å². The minimum Gasteiger partial charge on any atom is -0.430 e. The van der Waals surface area contributed by atoms with Crippen molar-refractivity contribution in [1.82, 2.24) is 0 Å². The highest BCUT2D eigenvalue weighted by atomic mass is 19.4. The van der Waals surface area contributed by atoms with Gasteiger partial charge >= 0.3 is 12.3 Å². The minimum atomic E-state index is -5.72. The maximum Gasteiger partial charge on any atom is 0.439 e. The molecule has 0 aromatic heterocycles. The van der Waals surface area contributed by atoms with Gasteiger partial charge in [-0.05, 0) is 72.8 Å². The van der Waals surface area contributed by atoms with Crippen LogP contribution in [0.5, 0.6) is 5.75 Å². The van der Waals surface area contributed by atoms with Crippen molar-refractivity contribution in [1.29, 1.82) is 0 Å². The summed E-state index contributed by atoms with van der Waals surface area (Å²) >= 11 is 0. The molecule has 1 fully saturated rings. The first-order valence-corrected chi connectivity index (χ1v) is 11.2. The largest absolute Gasteiger partial charge is 0.439 e. The lowest BCUT2D eigenvalue weighted by molar-refractivity contribution is -0.304. The molecule has 0 N–H and O–H groups in total. The highest BCUT2D eigenvalue weighted by molar-refractivity contribution is 5.64. The van der Waals surface area contributed by atoms with E-state index in [1.54, 1.807) is 0 Å². The lowest BCUT2D eigenvalue weighted by Crippen LogP contribution is -2.45. The van der Waals surface area contributed by atoms with Crippen LogP contribution in [0.2, 0.25) is 0 Å². The lowest BCUT2D eigenvalue weighted by atomic mass is 9.79. The highest BCUT2D eigenvalue weighted by Gasteiger charge is 2.59. The van der Waals surface area contributed by atoms with E-state index in [4.69, 9.17) is 4.74 Å². The Kier molecular flexibility index (Phi) is 8.32. The van der Waals surface area contributed by atoms with Crippen LogP contribution in [0.3, 0.4) is 0 Å². The molecule has 0 amide bonds. The summed E-state index contributed by atoms with van der Waals surface area (Å²) < 4.78 is 86.2. The molecule has 2 aromatic carbocycles. The summed E-state index contributed by atoms with van der Waals surface area (Å²) in [6, 6.07) is 13.0. The molecule has 1 aliphatic carbocycles. The first kappa shape index (κ1) is 25.4. The molecule has 3 rings (SSSR count). The standard InChI is InChI=1S/C25H28F6O2/c1-2-15-32-16-17-3-5-18(6-4-17)19-7-9-20(10-8-19)21-11-13-22(14-12-21)33-25(30,31)23(26)24(27,28)29/h7-14,17-18,23H,2-6,15-16H2,1H3. The topological polar surface area (TPSA) is 18.5 Å². The molecule has 0 radical (unpaired) electrons. The van der Waals surface area contributed by atoms with E-state index >= 15 is 0 Å². The maximum atomic E-state index is 13.4. The summed E-state index contributed by atoms with van der Waals surface area (Å²) in [5, 5.41) is 0. The molecule has 1 unspecified atom stereocenters. The summed E-state index contributed by atoms with van der Waals surface area (Å²) in [6.07, 6.45) is -9.63. The Morgan fingerprint density at radius 2 is 1.39 bits per heavy atom. The van der Waals surface area contributed by atoms with Gasteiger partial charge in [-0.1, -0.05) is 43.3 Å². The van der Waals surface area contributed by atoms with E-state index in [1.165, 1.54) is 17.7 Å². The second kappa shape index (κ2) is 10.8. The van der Waals surface area contributed by atoms with Gasteiger partial charge in [-0.2, -0.15) is 22.0 Å². The number of rotatable bonds is 9. The van der Waals surface area contributed by atoms with E-state index < -0.39 is 24.2 Å². The van der Waals surface area contributed by atoms with Crippen LogP contribution in [0, 0.1) is 5.92 Å². The van der Waals surface area contributed by atoms with Crippen molar-refractivity contribution in [2.45, 2.75) is 63.4 Å². The van der Waals surface area contributed by atoms with Crippen LogP contribution in [0.25, 0.3) is 11.1 Å². The van der Waals surface area contributed by atoms with Crippen LogP contribution in [0.15, 0.2) is 48.5 Å². The monoisotopic (exact) mass is 474 g/mol. The molecule has 1 saturated carbocycles. The Morgan fingerprint density at radius 1 is 0.848 bits per heavy atom. The predicted molar refractivity (Wildman–Crippen MR) is 114 cm³/mol. The van der Waals surface area contributed by atoms with E-state index in [1.807, 2.05) is 24.3 Å². The van der Waals surface area contributed by atoms with Crippen molar-refractivity contribution in [3.8, 4) is 16.9 Å². The molecular weight excluding hydrogens is 446 g/mol. The Morgan fingerprint density at radius 3 is 1.91 bits per heavy atom. The van der Waals surface area contributed by atoms with Gasteiger partial charge in [-0.15, -0.1) is 0 Å². The Bertz CT molecular complexity index is 856. The molecule has 0 bridgehead atoms. The molecule has 182 valence electrons. The van der Waals surface area contributed by atoms with Crippen LogP contribution in [0.4, 0.5) is 26.3 Å². The van der Waals surface area contributed by atoms with Crippen molar-refractivity contribution >= 4 is 0 Å². The van der Waals surface area contributed by atoms with E-state index in [0.29, 0.717) is 17.4 Å². The molecule has 2 aromatic rings. The molecule has 0 saturated heterocycles. The Labute approximate surface area is 189 Å². The molecule has 8 heteroatoms. The predicted octanol–water partition coefficient (Wildman–Crippen LogP) is 7.93. The SMILES string of the molecule is CCCOCC1CCC(c2ccc(-c3ccc(OC(F)(F)C(F)C(F)(F)F)cc3)cc2)CC1. The van der Waals surface area contributed by atoms with E-state index in [9.17, 15) is 26.3 Å². The summed E-state index contributed by atoms with van der Waals surface area (Å²) in [7, 11) is 0. The van der Waals surface area contributed by atoms with Crippen molar-refractivity contribution in [3.63, 3.8) is 0 Å². The third kappa shape index (κ3) is 6.88. The van der Waals surface area contributed by atoms with Gasteiger partial charge in [-0.25, -0.2) is 4.39 Å². The number of alkyl halides is 6. The highest BCUT2D eigenvalue weighted by Crippen LogP contribution is 2.38. The van der Waals surface area contributed by atoms with Gasteiger partial charge in [-0.3, -0.25) is 0 Å². The quantitative estimate of drug-likeness (QED) is 0.271. The van der Waals surface area contributed by atoms with Crippen molar-refractivity contribution in [3.05, 3.63) is 54.1 Å². The van der Waals surface area contributed by atoms with Gasteiger partial charge in [0, 0.05) is 13.2 Å². The summed E-state index contributed by atoms with van der Waals surface area (Å²) in [4.78, 5) is 0. The fraction of sp³-hybridized carbons (Fsp3) is 0.520. The summed E-state index contributed by atoms with van der Waals surface area (Å²) in [5.41, 5.74) is 2.76. The maximum absolute atomic E-state index is 13.4. The van der Waals surface area contributed by atoms with Crippen LogP contribution in [-0.2, 0) is 4.74 Å².